The summed E-state index contributed by atoms with van der Waals surface area (Å²) < 4.78 is 13.9. The highest BCUT2D eigenvalue weighted by atomic mass is 79.9. The van der Waals surface area contributed by atoms with Crippen molar-refractivity contribution in [1.82, 2.24) is 0 Å². The Morgan fingerprint density at radius 2 is 2.00 bits per heavy atom. The van der Waals surface area contributed by atoms with Crippen molar-refractivity contribution in [3.8, 4) is 0 Å². The highest BCUT2D eigenvalue weighted by Gasteiger charge is 2.11. The van der Waals surface area contributed by atoms with Gasteiger partial charge in [0.05, 0.1) is 0 Å². The van der Waals surface area contributed by atoms with Gasteiger partial charge in [-0.15, -0.1) is 0 Å². The van der Waals surface area contributed by atoms with Crippen molar-refractivity contribution >= 4 is 15.9 Å². The molecule has 1 nitrogen and oxygen atoms in total. The van der Waals surface area contributed by atoms with Gasteiger partial charge in [-0.2, -0.15) is 0 Å². The Labute approximate surface area is 99.0 Å². The van der Waals surface area contributed by atoms with E-state index in [1.807, 2.05) is 0 Å². The highest BCUT2D eigenvalue weighted by Crippen LogP contribution is 2.26. The van der Waals surface area contributed by atoms with Gasteiger partial charge >= 0.3 is 0 Å². The zero-order valence-electron chi connectivity index (χ0n) is 9.13. The van der Waals surface area contributed by atoms with Gasteiger partial charge in [-0.25, -0.2) is 4.39 Å². The molecule has 0 unspecified atom stereocenters. The van der Waals surface area contributed by atoms with Crippen LogP contribution < -0.4 is 5.73 Å². The zero-order chi connectivity index (χ0) is 11.4. The van der Waals surface area contributed by atoms with Crippen LogP contribution in [0.5, 0.6) is 0 Å². The van der Waals surface area contributed by atoms with Crippen LogP contribution in [0.1, 0.15) is 38.3 Å². The molecule has 0 aromatic heterocycles. The summed E-state index contributed by atoms with van der Waals surface area (Å²) in [6, 6.07) is 4.56. The van der Waals surface area contributed by atoms with E-state index < -0.39 is 0 Å². The zero-order valence-corrected chi connectivity index (χ0v) is 10.7. The molecule has 0 fully saturated rings. The van der Waals surface area contributed by atoms with E-state index >= 15 is 0 Å². The molecule has 0 bridgehead atoms. The number of benzene rings is 1. The van der Waals surface area contributed by atoms with E-state index in [-0.39, 0.29) is 11.9 Å². The Morgan fingerprint density at radius 3 is 2.60 bits per heavy atom. The molecule has 0 saturated heterocycles. The molecule has 0 saturated carbocycles. The lowest BCUT2D eigenvalue weighted by atomic mass is 9.98. The SMILES string of the molecule is CC(C)CC[C@H](N)c1cc(F)ccc1Br. The predicted octanol–water partition coefficient (Wildman–Crippen LogP) is 4.02. The average molecular weight is 274 g/mol. The Bertz CT molecular complexity index is 325. The second-order valence-corrected chi connectivity index (χ2v) is 5.10. The molecule has 0 aliphatic carbocycles. The molecule has 0 heterocycles. The van der Waals surface area contributed by atoms with Crippen molar-refractivity contribution < 1.29 is 4.39 Å². The van der Waals surface area contributed by atoms with Crippen LogP contribution in [0.15, 0.2) is 22.7 Å². The van der Waals surface area contributed by atoms with Crippen LogP contribution in [0.4, 0.5) is 4.39 Å². The van der Waals surface area contributed by atoms with Crippen molar-refractivity contribution in [1.29, 1.82) is 0 Å². The smallest absolute Gasteiger partial charge is 0.123 e. The molecule has 84 valence electrons. The van der Waals surface area contributed by atoms with Crippen molar-refractivity contribution in [2.45, 2.75) is 32.7 Å². The lowest BCUT2D eigenvalue weighted by Crippen LogP contribution is -2.12. The fourth-order valence-electron chi connectivity index (χ4n) is 1.47. The van der Waals surface area contributed by atoms with Crippen LogP contribution in [-0.2, 0) is 0 Å². The fourth-order valence-corrected chi connectivity index (χ4v) is 2.01. The first-order chi connectivity index (χ1) is 7.00. The maximum Gasteiger partial charge on any atom is 0.123 e. The molecule has 1 atom stereocenters. The first kappa shape index (κ1) is 12.7. The van der Waals surface area contributed by atoms with E-state index in [4.69, 9.17) is 5.73 Å². The number of rotatable bonds is 4. The van der Waals surface area contributed by atoms with Gasteiger partial charge in [0, 0.05) is 10.5 Å². The van der Waals surface area contributed by atoms with Crippen molar-refractivity contribution in [2.24, 2.45) is 11.7 Å². The van der Waals surface area contributed by atoms with Crippen LogP contribution in [0.25, 0.3) is 0 Å². The molecule has 0 spiro atoms. The molecule has 0 radical (unpaired) electrons. The van der Waals surface area contributed by atoms with Crippen LogP contribution >= 0.6 is 15.9 Å². The van der Waals surface area contributed by atoms with Crippen LogP contribution in [0.2, 0.25) is 0 Å². The summed E-state index contributed by atoms with van der Waals surface area (Å²) in [4.78, 5) is 0. The van der Waals surface area contributed by atoms with E-state index in [1.165, 1.54) is 12.1 Å². The Balaban J connectivity index is 2.72. The van der Waals surface area contributed by atoms with Crippen molar-refractivity contribution in [2.75, 3.05) is 0 Å². The van der Waals surface area contributed by atoms with E-state index in [9.17, 15) is 4.39 Å². The van der Waals surface area contributed by atoms with E-state index in [2.05, 4.69) is 29.8 Å². The lowest BCUT2D eigenvalue weighted by molar-refractivity contribution is 0.504. The topological polar surface area (TPSA) is 26.0 Å². The van der Waals surface area contributed by atoms with Gasteiger partial charge in [-0.1, -0.05) is 29.8 Å². The number of hydrogen-bond acceptors (Lipinski definition) is 1. The second kappa shape index (κ2) is 5.61. The average Bonchev–Trinajstić information content (AvgIpc) is 2.18. The first-order valence-corrected chi connectivity index (χ1v) is 6.00. The summed E-state index contributed by atoms with van der Waals surface area (Å²) in [5.74, 6) is 0.400. The van der Waals surface area contributed by atoms with Crippen molar-refractivity contribution in [3.05, 3.63) is 34.1 Å². The molecular formula is C12H17BrFN. The Kier molecular flexibility index (Phi) is 4.74. The third kappa shape index (κ3) is 3.92. The van der Waals surface area contributed by atoms with Crippen LogP contribution in [0.3, 0.4) is 0 Å². The van der Waals surface area contributed by atoms with Gasteiger partial charge in [-0.3, -0.25) is 0 Å². The summed E-state index contributed by atoms with van der Waals surface area (Å²) in [6.07, 6.45) is 1.95. The minimum atomic E-state index is -0.229. The summed E-state index contributed by atoms with van der Waals surface area (Å²) in [5.41, 5.74) is 6.87. The van der Waals surface area contributed by atoms with Crippen LogP contribution in [0, 0.1) is 11.7 Å². The van der Waals surface area contributed by atoms with Crippen molar-refractivity contribution in [3.63, 3.8) is 0 Å². The van der Waals surface area contributed by atoms with Gasteiger partial charge in [0.1, 0.15) is 5.82 Å². The molecule has 3 heteroatoms. The second-order valence-electron chi connectivity index (χ2n) is 4.24. The summed E-state index contributed by atoms with van der Waals surface area (Å²) in [7, 11) is 0. The standard InChI is InChI=1S/C12H17BrFN/c1-8(2)3-6-12(15)10-7-9(14)4-5-11(10)13/h4-5,7-8,12H,3,6,15H2,1-2H3/t12-/m0/s1. The molecule has 1 aromatic carbocycles. The van der Waals surface area contributed by atoms with Gasteiger partial charge < -0.3 is 5.73 Å². The summed E-state index contributed by atoms with van der Waals surface area (Å²) in [6.45, 7) is 4.32. The van der Waals surface area contributed by atoms with Gasteiger partial charge in [0.15, 0.2) is 0 Å². The third-order valence-corrected chi connectivity index (χ3v) is 3.13. The predicted molar refractivity (Wildman–Crippen MR) is 65.1 cm³/mol. The molecule has 0 amide bonds. The molecule has 15 heavy (non-hydrogen) atoms. The molecule has 1 rings (SSSR count). The quantitative estimate of drug-likeness (QED) is 0.881. The monoisotopic (exact) mass is 273 g/mol. The van der Waals surface area contributed by atoms with E-state index in [1.54, 1.807) is 6.07 Å². The molecule has 0 aliphatic heterocycles. The van der Waals surface area contributed by atoms with Crippen LogP contribution in [-0.4, -0.2) is 0 Å². The Hall–Kier alpha value is -0.410. The third-order valence-electron chi connectivity index (χ3n) is 2.41. The lowest BCUT2D eigenvalue weighted by Gasteiger charge is -2.15. The first-order valence-electron chi connectivity index (χ1n) is 5.21. The Morgan fingerprint density at radius 1 is 1.33 bits per heavy atom. The maximum absolute atomic E-state index is 13.0. The molecule has 1 aromatic rings. The maximum atomic E-state index is 13.0. The summed E-state index contributed by atoms with van der Waals surface area (Å²) >= 11 is 3.39. The fraction of sp³-hybridized carbons (Fsp3) is 0.500. The number of nitrogens with two attached hydrogens (primary N) is 1. The molecule has 0 aliphatic rings. The highest BCUT2D eigenvalue weighted by molar-refractivity contribution is 9.10. The minimum Gasteiger partial charge on any atom is -0.324 e. The summed E-state index contributed by atoms with van der Waals surface area (Å²) in [5, 5.41) is 0. The van der Waals surface area contributed by atoms with Gasteiger partial charge in [0.25, 0.3) is 0 Å². The van der Waals surface area contributed by atoms with E-state index in [0.717, 1.165) is 22.9 Å². The number of hydrogen-bond donors (Lipinski definition) is 1. The normalized spacial score (nSPS) is 13.2. The van der Waals surface area contributed by atoms with Gasteiger partial charge in [-0.05, 0) is 42.5 Å². The minimum absolute atomic E-state index is 0.0857. The largest absolute Gasteiger partial charge is 0.324 e. The van der Waals surface area contributed by atoms with E-state index in [0.29, 0.717) is 5.92 Å². The number of halogens is 2. The molecule has 2 N–H and O–H groups in total. The molecular weight excluding hydrogens is 257 g/mol. The van der Waals surface area contributed by atoms with Gasteiger partial charge in [0.2, 0.25) is 0 Å².